The first-order valence-corrected chi connectivity index (χ1v) is 8.17. The molecule has 0 aliphatic rings. The highest BCUT2D eigenvalue weighted by Crippen LogP contribution is 2.18. The van der Waals surface area contributed by atoms with E-state index in [1.54, 1.807) is 0 Å². The Kier molecular flexibility index (Phi) is 6.62. The number of benzene rings is 1. The summed E-state index contributed by atoms with van der Waals surface area (Å²) in [6.07, 6.45) is 0. The van der Waals surface area contributed by atoms with Gasteiger partial charge in [0.25, 0.3) is 11.1 Å². The first kappa shape index (κ1) is 17.8. The molecule has 9 heteroatoms. The number of carbonyl (C=O) groups excluding carboxylic acids is 2. The number of amides is 2. The van der Waals surface area contributed by atoms with Crippen molar-refractivity contribution in [3.05, 3.63) is 35.7 Å². The molecule has 0 spiro atoms. The van der Waals surface area contributed by atoms with Gasteiger partial charge >= 0.3 is 0 Å². The molecule has 0 fully saturated rings. The van der Waals surface area contributed by atoms with Crippen molar-refractivity contribution < 1.29 is 18.7 Å². The average molecular weight is 350 g/mol. The Bertz CT molecular complexity index is 704. The number of ether oxygens (including phenoxy) is 1. The molecule has 0 atom stereocenters. The maximum atomic E-state index is 11.6. The van der Waals surface area contributed by atoms with E-state index in [0.29, 0.717) is 5.89 Å². The summed E-state index contributed by atoms with van der Waals surface area (Å²) in [7, 11) is 1.50. The van der Waals surface area contributed by atoms with Crippen LogP contribution in [-0.2, 0) is 16.2 Å². The molecule has 2 rings (SSSR count). The largest absolute Gasteiger partial charge is 0.484 e. The Morgan fingerprint density at radius 1 is 1.29 bits per heavy atom. The highest BCUT2D eigenvalue weighted by atomic mass is 32.2. The van der Waals surface area contributed by atoms with Crippen molar-refractivity contribution in [1.82, 2.24) is 20.8 Å². The van der Waals surface area contributed by atoms with Crippen LogP contribution in [0.2, 0.25) is 0 Å². The summed E-state index contributed by atoms with van der Waals surface area (Å²) in [5, 5.41) is 12.9. The predicted molar refractivity (Wildman–Crippen MR) is 87.6 cm³/mol. The van der Waals surface area contributed by atoms with Crippen LogP contribution in [-0.4, -0.2) is 41.4 Å². The van der Waals surface area contributed by atoms with Crippen molar-refractivity contribution >= 4 is 23.6 Å². The van der Waals surface area contributed by atoms with Crippen molar-refractivity contribution in [3.8, 4) is 5.75 Å². The molecule has 0 unspecified atom stereocenters. The molecule has 2 N–H and O–H groups in total. The normalized spacial score (nSPS) is 10.2. The number of hydrogen-bond donors (Lipinski definition) is 2. The Hall–Kier alpha value is -2.55. The van der Waals surface area contributed by atoms with E-state index < -0.39 is 0 Å². The van der Waals surface area contributed by atoms with Crippen LogP contribution >= 0.6 is 11.8 Å². The van der Waals surface area contributed by atoms with Crippen molar-refractivity contribution in [3.63, 3.8) is 0 Å². The van der Waals surface area contributed by atoms with E-state index >= 15 is 0 Å². The topological polar surface area (TPSA) is 106 Å². The monoisotopic (exact) mass is 350 g/mol. The van der Waals surface area contributed by atoms with Crippen LogP contribution in [0.3, 0.4) is 0 Å². The van der Waals surface area contributed by atoms with Gasteiger partial charge in [0.1, 0.15) is 5.75 Å². The van der Waals surface area contributed by atoms with Gasteiger partial charge in [0.05, 0.1) is 12.3 Å². The minimum absolute atomic E-state index is 0.0602. The number of likely N-dealkylation sites (N-methyl/N-ethyl adjacent to an activating group) is 1. The van der Waals surface area contributed by atoms with Gasteiger partial charge in [-0.3, -0.25) is 9.59 Å². The van der Waals surface area contributed by atoms with Gasteiger partial charge in [-0.05, 0) is 24.6 Å². The van der Waals surface area contributed by atoms with Gasteiger partial charge in [0.15, 0.2) is 6.61 Å². The zero-order chi connectivity index (χ0) is 17.4. The minimum Gasteiger partial charge on any atom is -0.484 e. The van der Waals surface area contributed by atoms with E-state index in [2.05, 4.69) is 20.8 Å². The molecule has 2 amide bonds. The molecule has 0 aliphatic carbocycles. The molecule has 1 aromatic heterocycles. The first-order valence-electron chi connectivity index (χ1n) is 7.18. The maximum Gasteiger partial charge on any atom is 0.277 e. The zero-order valence-electron chi connectivity index (χ0n) is 13.4. The highest BCUT2D eigenvalue weighted by Gasteiger charge is 2.11. The highest BCUT2D eigenvalue weighted by molar-refractivity contribution is 7.99. The standard InChI is InChI=1S/C15H18N4O4S/c1-10-4-3-5-11(6-10)22-8-14-18-19-15(23-14)24-9-13(21)17-7-12(20)16-2/h3-6H,7-9H2,1-2H3,(H,16,20)(H,17,21). The second-order valence-corrected chi connectivity index (χ2v) is 5.73. The fourth-order valence-corrected chi connectivity index (χ4v) is 2.26. The van der Waals surface area contributed by atoms with Gasteiger partial charge in [0.2, 0.25) is 11.8 Å². The summed E-state index contributed by atoms with van der Waals surface area (Å²) in [5.74, 6) is 0.569. The number of carbonyl (C=O) groups is 2. The molecular weight excluding hydrogens is 332 g/mol. The molecule has 0 aliphatic heterocycles. The molecule has 0 saturated carbocycles. The molecule has 24 heavy (non-hydrogen) atoms. The number of aromatic nitrogens is 2. The summed E-state index contributed by atoms with van der Waals surface area (Å²) in [5.41, 5.74) is 1.09. The van der Waals surface area contributed by atoms with E-state index in [0.717, 1.165) is 23.1 Å². The SMILES string of the molecule is CNC(=O)CNC(=O)CSc1nnc(COc2cccc(C)c2)o1. The molecule has 0 radical (unpaired) electrons. The van der Waals surface area contributed by atoms with Crippen molar-refractivity contribution in [2.45, 2.75) is 18.8 Å². The lowest BCUT2D eigenvalue weighted by Crippen LogP contribution is -2.35. The Labute approximate surface area is 143 Å². The number of nitrogens with zero attached hydrogens (tertiary/aromatic N) is 2. The fourth-order valence-electron chi connectivity index (χ4n) is 1.65. The molecule has 1 aromatic carbocycles. The number of nitrogens with one attached hydrogen (secondary N) is 2. The summed E-state index contributed by atoms with van der Waals surface area (Å²) >= 11 is 1.09. The summed E-state index contributed by atoms with van der Waals surface area (Å²) < 4.78 is 10.9. The third kappa shape index (κ3) is 5.92. The summed E-state index contributed by atoms with van der Waals surface area (Å²) in [6, 6.07) is 7.62. The number of aryl methyl sites for hydroxylation is 1. The van der Waals surface area contributed by atoms with Crippen LogP contribution in [0.1, 0.15) is 11.5 Å². The van der Waals surface area contributed by atoms with Crippen LogP contribution in [0, 0.1) is 6.92 Å². The smallest absolute Gasteiger partial charge is 0.277 e. The Morgan fingerprint density at radius 3 is 2.88 bits per heavy atom. The quantitative estimate of drug-likeness (QED) is 0.682. The van der Waals surface area contributed by atoms with E-state index in [-0.39, 0.29) is 35.9 Å². The predicted octanol–water partition coefficient (Wildman–Crippen LogP) is 0.911. The summed E-state index contributed by atoms with van der Waals surface area (Å²) in [4.78, 5) is 22.6. The van der Waals surface area contributed by atoms with Crippen LogP contribution in [0.25, 0.3) is 0 Å². The van der Waals surface area contributed by atoms with E-state index in [1.165, 1.54) is 7.05 Å². The van der Waals surface area contributed by atoms with Crippen molar-refractivity contribution in [2.75, 3.05) is 19.3 Å². The van der Waals surface area contributed by atoms with E-state index in [9.17, 15) is 9.59 Å². The van der Waals surface area contributed by atoms with Crippen LogP contribution in [0.15, 0.2) is 33.9 Å². The second kappa shape index (κ2) is 8.92. The lowest BCUT2D eigenvalue weighted by Gasteiger charge is -2.03. The first-order chi connectivity index (χ1) is 11.6. The fraction of sp³-hybridized carbons (Fsp3) is 0.333. The van der Waals surface area contributed by atoms with Crippen molar-refractivity contribution in [2.24, 2.45) is 0 Å². The molecule has 2 aromatic rings. The van der Waals surface area contributed by atoms with Gasteiger partial charge in [-0.15, -0.1) is 10.2 Å². The molecule has 0 bridgehead atoms. The number of thioether (sulfide) groups is 1. The Morgan fingerprint density at radius 2 is 2.12 bits per heavy atom. The molecule has 0 saturated heterocycles. The van der Waals surface area contributed by atoms with E-state index in [4.69, 9.17) is 9.15 Å². The second-order valence-electron chi connectivity index (χ2n) is 4.81. The number of hydrogen-bond acceptors (Lipinski definition) is 7. The summed E-state index contributed by atoms with van der Waals surface area (Å²) in [6.45, 7) is 2.07. The number of rotatable bonds is 8. The average Bonchev–Trinajstić information content (AvgIpc) is 3.04. The van der Waals surface area contributed by atoms with Gasteiger partial charge < -0.3 is 19.8 Å². The lowest BCUT2D eigenvalue weighted by atomic mass is 10.2. The van der Waals surface area contributed by atoms with Crippen LogP contribution in [0.5, 0.6) is 5.75 Å². The molecular formula is C15H18N4O4S. The Balaban J connectivity index is 1.74. The van der Waals surface area contributed by atoms with Gasteiger partial charge in [-0.2, -0.15) is 0 Å². The third-order valence-electron chi connectivity index (χ3n) is 2.85. The van der Waals surface area contributed by atoms with Gasteiger partial charge in [0, 0.05) is 7.05 Å². The minimum atomic E-state index is -0.292. The third-order valence-corrected chi connectivity index (χ3v) is 3.67. The molecule has 8 nitrogen and oxygen atoms in total. The van der Waals surface area contributed by atoms with Gasteiger partial charge in [-0.25, -0.2) is 0 Å². The van der Waals surface area contributed by atoms with E-state index in [1.807, 2.05) is 31.2 Å². The molecule has 128 valence electrons. The van der Waals surface area contributed by atoms with Crippen LogP contribution < -0.4 is 15.4 Å². The lowest BCUT2D eigenvalue weighted by molar-refractivity contribution is -0.124. The maximum absolute atomic E-state index is 11.6. The van der Waals surface area contributed by atoms with Crippen molar-refractivity contribution in [1.29, 1.82) is 0 Å². The zero-order valence-corrected chi connectivity index (χ0v) is 14.2. The van der Waals surface area contributed by atoms with Gasteiger partial charge in [-0.1, -0.05) is 23.9 Å². The molecule has 1 heterocycles. The van der Waals surface area contributed by atoms with Crippen LogP contribution in [0.4, 0.5) is 0 Å².